The van der Waals surface area contributed by atoms with Crippen LogP contribution in [0.5, 0.6) is 0 Å². The van der Waals surface area contributed by atoms with Gasteiger partial charge in [-0.15, -0.1) is 0 Å². The van der Waals surface area contributed by atoms with Crippen LogP contribution in [0, 0.1) is 0 Å². The highest BCUT2D eigenvalue weighted by atomic mass is 16.7. The molecule has 6 nitrogen and oxygen atoms in total. The molecule has 0 aliphatic rings. The number of nitrogens with one attached hydrogen (secondary N) is 1. The van der Waals surface area contributed by atoms with Crippen molar-refractivity contribution in [1.82, 2.24) is 5.43 Å². The van der Waals surface area contributed by atoms with Crippen molar-refractivity contribution in [2.75, 3.05) is 14.2 Å². The average molecular weight is 265 g/mol. The minimum absolute atomic E-state index is 0.577. The number of carbonyl (C=O) groups excluding carboxylic acids is 1. The Morgan fingerprint density at radius 2 is 1.95 bits per heavy atom. The second kappa shape index (κ2) is 8.23. The normalized spacial score (nSPS) is 11.6. The molecule has 0 radical (unpaired) electrons. The highest BCUT2D eigenvalue weighted by molar-refractivity contribution is 5.88. The Balaban J connectivity index is 2.68. The van der Waals surface area contributed by atoms with Gasteiger partial charge in [0, 0.05) is 14.2 Å². The maximum Gasteiger partial charge on any atom is 0.332 e. The molecule has 0 atom stereocenters. The highest BCUT2D eigenvalue weighted by Crippen LogP contribution is 2.07. The standard InChI is InChI=1S/C13H19N3O3/c1-18-12(19-2)11(15-16-13(14)17)9-8-10-6-4-3-5-7-10/h3-7,12H,8-9H2,1-2H3,(H3,14,16,17)/b15-11-. The Morgan fingerprint density at radius 1 is 1.32 bits per heavy atom. The van der Waals surface area contributed by atoms with Crippen LogP contribution in [0.2, 0.25) is 0 Å². The van der Waals surface area contributed by atoms with Gasteiger partial charge in [0.25, 0.3) is 0 Å². The third kappa shape index (κ3) is 5.50. The zero-order chi connectivity index (χ0) is 14.1. The fraction of sp³-hybridized carbons (Fsp3) is 0.385. The number of urea groups is 1. The SMILES string of the molecule is COC(OC)/C(CCc1ccccc1)=N\NC(N)=O. The van der Waals surface area contributed by atoms with Crippen molar-refractivity contribution >= 4 is 11.7 Å². The summed E-state index contributed by atoms with van der Waals surface area (Å²) in [5, 5.41) is 3.92. The number of ether oxygens (including phenoxy) is 2. The number of amides is 2. The molecule has 104 valence electrons. The van der Waals surface area contributed by atoms with Gasteiger partial charge >= 0.3 is 6.03 Å². The number of nitrogens with two attached hydrogens (primary N) is 1. The van der Waals surface area contributed by atoms with Crippen LogP contribution in [0.15, 0.2) is 35.4 Å². The van der Waals surface area contributed by atoms with Gasteiger partial charge in [0.05, 0.1) is 5.71 Å². The van der Waals surface area contributed by atoms with E-state index in [1.165, 1.54) is 19.8 Å². The van der Waals surface area contributed by atoms with E-state index in [0.29, 0.717) is 12.1 Å². The molecule has 0 saturated heterocycles. The molecule has 0 unspecified atom stereocenters. The largest absolute Gasteiger partial charge is 0.351 e. The quantitative estimate of drug-likeness (QED) is 0.442. The molecule has 0 fully saturated rings. The van der Waals surface area contributed by atoms with Crippen molar-refractivity contribution in [3.05, 3.63) is 35.9 Å². The summed E-state index contributed by atoms with van der Waals surface area (Å²) in [5.74, 6) is 0. The van der Waals surface area contributed by atoms with Gasteiger partial charge in [0.2, 0.25) is 0 Å². The zero-order valence-electron chi connectivity index (χ0n) is 11.1. The lowest BCUT2D eigenvalue weighted by Gasteiger charge is -2.16. The topological polar surface area (TPSA) is 85.9 Å². The van der Waals surface area contributed by atoms with E-state index < -0.39 is 12.3 Å². The van der Waals surface area contributed by atoms with Crippen LogP contribution < -0.4 is 11.2 Å². The molecule has 1 aromatic carbocycles. The Hall–Kier alpha value is -1.92. The zero-order valence-corrected chi connectivity index (χ0v) is 11.1. The molecule has 0 aliphatic carbocycles. The molecule has 1 rings (SSSR count). The summed E-state index contributed by atoms with van der Waals surface area (Å²) in [7, 11) is 3.02. The number of carbonyl (C=O) groups is 1. The van der Waals surface area contributed by atoms with Gasteiger partial charge in [0.15, 0.2) is 6.29 Å². The van der Waals surface area contributed by atoms with Crippen LogP contribution in [-0.4, -0.2) is 32.3 Å². The molecule has 2 amide bonds. The molecule has 0 spiro atoms. The number of benzene rings is 1. The second-order valence-electron chi connectivity index (χ2n) is 3.87. The van der Waals surface area contributed by atoms with Gasteiger partial charge < -0.3 is 15.2 Å². The number of nitrogens with zero attached hydrogens (tertiary/aromatic N) is 1. The monoisotopic (exact) mass is 265 g/mol. The van der Waals surface area contributed by atoms with Crippen molar-refractivity contribution in [2.24, 2.45) is 10.8 Å². The van der Waals surface area contributed by atoms with Gasteiger partial charge in [-0.05, 0) is 18.4 Å². The summed E-state index contributed by atoms with van der Waals surface area (Å²) < 4.78 is 10.3. The highest BCUT2D eigenvalue weighted by Gasteiger charge is 2.15. The van der Waals surface area contributed by atoms with E-state index in [1.54, 1.807) is 0 Å². The first kappa shape index (κ1) is 15.1. The predicted octanol–water partition coefficient (Wildman–Crippen LogP) is 1.26. The van der Waals surface area contributed by atoms with E-state index >= 15 is 0 Å². The number of hydrazone groups is 1. The van der Waals surface area contributed by atoms with E-state index in [0.717, 1.165) is 6.42 Å². The number of hydrogen-bond acceptors (Lipinski definition) is 4. The molecule has 3 N–H and O–H groups in total. The summed E-state index contributed by atoms with van der Waals surface area (Å²) in [4.78, 5) is 10.7. The van der Waals surface area contributed by atoms with E-state index in [-0.39, 0.29) is 0 Å². The third-order valence-corrected chi connectivity index (χ3v) is 2.52. The number of primary amides is 1. The first-order chi connectivity index (χ1) is 9.17. The molecule has 19 heavy (non-hydrogen) atoms. The van der Waals surface area contributed by atoms with E-state index in [4.69, 9.17) is 15.2 Å². The lowest BCUT2D eigenvalue weighted by molar-refractivity contribution is -0.0534. The van der Waals surface area contributed by atoms with Crippen LogP contribution in [0.3, 0.4) is 0 Å². The van der Waals surface area contributed by atoms with Crippen molar-refractivity contribution in [3.63, 3.8) is 0 Å². The number of aryl methyl sites for hydroxylation is 1. The first-order valence-electron chi connectivity index (χ1n) is 5.88. The molecule has 6 heteroatoms. The van der Waals surface area contributed by atoms with Crippen LogP contribution in [0.1, 0.15) is 12.0 Å². The smallest absolute Gasteiger partial charge is 0.332 e. The molecule has 0 aliphatic heterocycles. The Bertz CT molecular complexity index is 416. The summed E-state index contributed by atoms with van der Waals surface area (Å²) in [6, 6.07) is 9.22. The van der Waals surface area contributed by atoms with Gasteiger partial charge in [-0.25, -0.2) is 10.2 Å². The summed E-state index contributed by atoms with van der Waals surface area (Å²) >= 11 is 0. The number of hydrogen-bond donors (Lipinski definition) is 2. The fourth-order valence-corrected chi connectivity index (χ4v) is 1.64. The summed E-state index contributed by atoms with van der Waals surface area (Å²) in [6.45, 7) is 0. The van der Waals surface area contributed by atoms with Gasteiger partial charge in [0.1, 0.15) is 0 Å². The van der Waals surface area contributed by atoms with Crippen LogP contribution in [-0.2, 0) is 15.9 Å². The summed E-state index contributed by atoms with van der Waals surface area (Å²) in [6.07, 6.45) is 0.760. The molecule has 0 aromatic heterocycles. The van der Waals surface area contributed by atoms with Crippen molar-refractivity contribution < 1.29 is 14.3 Å². The molecule has 0 bridgehead atoms. The van der Waals surface area contributed by atoms with Gasteiger partial charge in [-0.2, -0.15) is 5.10 Å². The van der Waals surface area contributed by atoms with Crippen molar-refractivity contribution in [1.29, 1.82) is 0 Å². The molecule has 0 saturated carbocycles. The van der Waals surface area contributed by atoms with Gasteiger partial charge in [-0.1, -0.05) is 30.3 Å². The minimum atomic E-state index is -0.719. The van der Waals surface area contributed by atoms with Gasteiger partial charge in [-0.3, -0.25) is 0 Å². The first-order valence-corrected chi connectivity index (χ1v) is 5.88. The third-order valence-electron chi connectivity index (χ3n) is 2.52. The Morgan fingerprint density at radius 3 is 2.47 bits per heavy atom. The fourth-order valence-electron chi connectivity index (χ4n) is 1.64. The van der Waals surface area contributed by atoms with Crippen LogP contribution >= 0.6 is 0 Å². The molecule has 1 aromatic rings. The number of rotatable bonds is 7. The number of methoxy groups -OCH3 is 2. The van der Waals surface area contributed by atoms with Crippen LogP contribution in [0.4, 0.5) is 4.79 Å². The minimum Gasteiger partial charge on any atom is -0.351 e. The van der Waals surface area contributed by atoms with Crippen molar-refractivity contribution in [2.45, 2.75) is 19.1 Å². The average Bonchev–Trinajstić information content (AvgIpc) is 2.43. The van der Waals surface area contributed by atoms with Crippen molar-refractivity contribution in [3.8, 4) is 0 Å². The molecular formula is C13H19N3O3. The Kier molecular flexibility index (Phi) is 6.56. The maximum atomic E-state index is 10.7. The molecule has 0 heterocycles. The predicted molar refractivity (Wildman–Crippen MR) is 72.7 cm³/mol. The van der Waals surface area contributed by atoms with Crippen LogP contribution in [0.25, 0.3) is 0 Å². The summed E-state index contributed by atoms with van der Waals surface area (Å²) in [5.41, 5.74) is 8.93. The van der Waals surface area contributed by atoms with E-state index in [9.17, 15) is 4.79 Å². The second-order valence-corrected chi connectivity index (χ2v) is 3.87. The van der Waals surface area contributed by atoms with E-state index in [1.807, 2.05) is 30.3 Å². The molecular weight excluding hydrogens is 246 g/mol. The lowest BCUT2D eigenvalue weighted by Crippen LogP contribution is -2.31. The Labute approximate surface area is 112 Å². The van der Waals surface area contributed by atoms with E-state index in [2.05, 4.69) is 10.5 Å². The maximum absolute atomic E-state index is 10.7. The lowest BCUT2D eigenvalue weighted by atomic mass is 10.1.